The second kappa shape index (κ2) is 9.58. The number of hydrogen-bond acceptors (Lipinski definition) is 6. The van der Waals surface area contributed by atoms with Gasteiger partial charge >= 0.3 is 5.97 Å². The van der Waals surface area contributed by atoms with Crippen molar-refractivity contribution in [3.05, 3.63) is 64.9 Å². The lowest BCUT2D eigenvalue weighted by atomic mass is 10.2. The lowest BCUT2D eigenvalue weighted by molar-refractivity contribution is -0.113. The smallest absolute Gasteiger partial charge is 0.338 e. The molecule has 0 unspecified atom stereocenters. The van der Waals surface area contributed by atoms with Gasteiger partial charge in [-0.1, -0.05) is 35.5 Å². The van der Waals surface area contributed by atoms with E-state index >= 15 is 0 Å². The summed E-state index contributed by atoms with van der Waals surface area (Å²) in [4.78, 5) is 24.2. The van der Waals surface area contributed by atoms with E-state index in [1.807, 2.05) is 29.7 Å². The third-order valence-electron chi connectivity index (χ3n) is 3.85. The Labute approximate surface area is 177 Å². The van der Waals surface area contributed by atoms with E-state index in [9.17, 15) is 9.59 Å². The maximum atomic E-state index is 12.4. The molecule has 150 valence electrons. The topological polar surface area (TPSA) is 86.1 Å². The number of halogens is 1. The van der Waals surface area contributed by atoms with Crippen molar-refractivity contribution < 1.29 is 14.3 Å². The quantitative estimate of drug-likeness (QED) is 0.448. The fraction of sp³-hybridized carbons (Fsp3) is 0.200. The highest BCUT2D eigenvalue weighted by Gasteiger charge is 2.14. The summed E-state index contributed by atoms with van der Waals surface area (Å²) < 4.78 is 6.81. The first-order chi connectivity index (χ1) is 14.0. The van der Waals surface area contributed by atoms with E-state index in [1.54, 1.807) is 37.3 Å². The third-order valence-corrected chi connectivity index (χ3v) is 5.02. The Kier molecular flexibility index (Phi) is 6.90. The van der Waals surface area contributed by atoms with Crippen LogP contribution in [0.4, 0.5) is 5.69 Å². The summed E-state index contributed by atoms with van der Waals surface area (Å²) in [5.41, 5.74) is 1.73. The average Bonchev–Trinajstić information content (AvgIpc) is 3.07. The molecule has 1 heterocycles. The van der Waals surface area contributed by atoms with Crippen LogP contribution < -0.4 is 5.32 Å². The number of nitrogens with one attached hydrogen (secondary N) is 1. The van der Waals surface area contributed by atoms with Gasteiger partial charge in [0.05, 0.1) is 23.6 Å². The Morgan fingerprint density at radius 1 is 1.17 bits per heavy atom. The first-order valence-corrected chi connectivity index (χ1v) is 10.2. The largest absolute Gasteiger partial charge is 0.462 e. The SMILES string of the molecule is CCOC(=O)c1cccc(NC(=O)CSc2nnc(C)n2-c2cccc(Cl)c2)c1. The maximum absolute atomic E-state index is 12.4. The van der Waals surface area contributed by atoms with Gasteiger partial charge in [0.2, 0.25) is 5.91 Å². The van der Waals surface area contributed by atoms with Gasteiger partial charge in [-0.3, -0.25) is 9.36 Å². The molecule has 1 aromatic heterocycles. The average molecular weight is 431 g/mol. The minimum atomic E-state index is -0.428. The van der Waals surface area contributed by atoms with E-state index in [-0.39, 0.29) is 11.7 Å². The summed E-state index contributed by atoms with van der Waals surface area (Å²) in [5.74, 6) is 0.164. The number of nitrogens with zero attached hydrogens (tertiary/aromatic N) is 3. The standard InChI is InChI=1S/C20H19ClN4O3S/c1-3-28-19(27)14-6-4-8-16(10-14)22-18(26)12-29-20-24-23-13(2)25(20)17-9-5-7-15(21)11-17/h4-11H,3,12H2,1-2H3,(H,22,26). The number of anilines is 1. The number of thioether (sulfide) groups is 1. The highest BCUT2D eigenvalue weighted by atomic mass is 35.5. The molecule has 3 aromatic rings. The molecule has 0 saturated heterocycles. The van der Waals surface area contributed by atoms with Gasteiger partial charge in [0.1, 0.15) is 5.82 Å². The summed E-state index contributed by atoms with van der Waals surface area (Å²) in [7, 11) is 0. The molecule has 0 bridgehead atoms. The van der Waals surface area contributed by atoms with Gasteiger partial charge in [0.15, 0.2) is 5.16 Å². The summed E-state index contributed by atoms with van der Waals surface area (Å²) in [6, 6.07) is 14.0. The van der Waals surface area contributed by atoms with Gasteiger partial charge in [-0.05, 0) is 50.2 Å². The molecule has 2 aromatic carbocycles. The molecule has 9 heteroatoms. The minimum Gasteiger partial charge on any atom is -0.462 e. The zero-order valence-electron chi connectivity index (χ0n) is 15.9. The lowest BCUT2D eigenvalue weighted by Gasteiger charge is -2.09. The number of amides is 1. The molecule has 29 heavy (non-hydrogen) atoms. The zero-order valence-corrected chi connectivity index (χ0v) is 17.5. The van der Waals surface area contributed by atoms with Crippen molar-refractivity contribution in [1.82, 2.24) is 14.8 Å². The predicted octanol–water partition coefficient (Wildman–Crippen LogP) is 4.14. The van der Waals surface area contributed by atoms with Crippen LogP contribution in [0.1, 0.15) is 23.1 Å². The van der Waals surface area contributed by atoms with Gasteiger partial charge in [0, 0.05) is 10.7 Å². The molecule has 0 aliphatic rings. The highest BCUT2D eigenvalue weighted by Crippen LogP contribution is 2.24. The van der Waals surface area contributed by atoms with Crippen molar-refractivity contribution in [2.24, 2.45) is 0 Å². The summed E-state index contributed by atoms with van der Waals surface area (Å²) in [5, 5.41) is 12.2. The molecule has 0 atom stereocenters. The molecule has 3 rings (SSSR count). The first kappa shape index (κ1) is 20.9. The summed E-state index contributed by atoms with van der Waals surface area (Å²) >= 11 is 7.34. The Hall–Kier alpha value is -2.84. The number of carbonyl (C=O) groups excluding carboxylic acids is 2. The summed E-state index contributed by atoms with van der Waals surface area (Å²) in [6.07, 6.45) is 0. The van der Waals surface area contributed by atoms with E-state index in [4.69, 9.17) is 16.3 Å². The fourth-order valence-electron chi connectivity index (χ4n) is 2.61. The molecule has 0 saturated carbocycles. The number of ether oxygens (including phenoxy) is 1. The molecule has 0 aliphatic carbocycles. The Bertz CT molecular complexity index is 1040. The monoisotopic (exact) mass is 430 g/mol. The second-order valence-corrected chi connectivity index (χ2v) is 7.36. The molecular weight excluding hydrogens is 412 g/mol. The van der Waals surface area contributed by atoms with Crippen LogP contribution in [-0.2, 0) is 9.53 Å². The van der Waals surface area contributed by atoms with E-state index in [0.717, 1.165) is 5.69 Å². The van der Waals surface area contributed by atoms with Gasteiger partial charge in [-0.2, -0.15) is 0 Å². The van der Waals surface area contributed by atoms with Crippen molar-refractivity contribution in [3.8, 4) is 5.69 Å². The number of carbonyl (C=O) groups is 2. The number of aromatic nitrogens is 3. The maximum Gasteiger partial charge on any atom is 0.338 e. The van der Waals surface area contributed by atoms with E-state index < -0.39 is 5.97 Å². The van der Waals surface area contributed by atoms with Crippen molar-refractivity contribution in [1.29, 1.82) is 0 Å². The molecule has 0 radical (unpaired) electrons. The number of aryl methyl sites for hydroxylation is 1. The second-order valence-electron chi connectivity index (χ2n) is 5.98. The number of rotatable bonds is 7. The van der Waals surface area contributed by atoms with Crippen LogP contribution in [0.3, 0.4) is 0 Å². The van der Waals surface area contributed by atoms with Crippen LogP contribution in [0, 0.1) is 6.92 Å². The number of benzene rings is 2. The lowest BCUT2D eigenvalue weighted by Crippen LogP contribution is -2.15. The van der Waals surface area contributed by atoms with Gasteiger partial charge < -0.3 is 10.1 Å². The Morgan fingerprint density at radius 3 is 2.72 bits per heavy atom. The molecule has 0 spiro atoms. The Morgan fingerprint density at radius 2 is 1.97 bits per heavy atom. The van der Waals surface area contributed by atoms with Crippen LogP contribution >= 0.6 is 23.4 Å². The predicted molar refractivity (Wildman–Crippen MR) is 113 cm³/mol. The van der Waals surface area contributed by atoms with Crippen molar-refractivity contribution in [2.45, 2.75) is 19.0 Å². The molecule has 7 nitrogen and oxygen atoms in total. The zero-order chi connectivity index (χ0) is 20.8. The van der Waals surface area contributed by atoms with Crippen LogP contribution in [0.25, 0.3) is 5.69 Å². The highest BCUT2D eigenvalue weighted by molar-refractivity contribution is 7.99. The number of hydrogen-bond donors (Lipinski definition) is 1. The molecule has 1 N–H and O–H groups in total. The van der Waals surface area contributed by atoms with Crippen LogP contribution in [0.15, 0.2) is 53.7 Å². The van der Waals surface area contributed by atoms with Crippen LogP contribution in [0.5, 0.6) is 0 Å². The molecule has 0 aliphatic heterocycles. The van der Waals surface area contributed by atoms with E-state index in [2.05, 4.69) is 15.5 Å². The first-order valence-electron chi connectivity index (χ1n) is 8.85. The minimum absolute atomic E-state index is 0.127. The van der Waals surface area contributed by atoms with Crippen molar-refractivity contribution in [2.75, 3.05) is 17.7 Å². The Balaban J connectivity index is 1.67. The molecule has 1 amide bonds. The third kappa shape index (κ3) is 5.36. The molecular formula is C20H19ClN4O3S. The summed E-state index contributed by atoms with van der Waals surface area (Å²) in [6.45, 7) is 3.86. The normalized spacial score (nSPS) is 10.6. The van der Waals surface area contributed by atoms with Gasteiger partial charge in [0.25, 0.3) is 0 Å². The molecule has 0 fully saturated rings. The van der Waals surface area contributed by atoms with Gasteiger partial charge in [-0.25, -0.2) is 4.79 Å². The fourth-order valence-corrected chi connectivity index (χ4v) is 3.60. The van der Waals surface area contributed by atoms with Gasteiger partial charge in [-0.15, -0.1) is 10.2 Å². The van der Waals surface area contributed by atoms with Crippen molar-refractivity contribution >= 4 is 40.9 Å². The van der Waals surface area contributed by atoms with Crippen LogP contribution in [0.2, 0.25) is 5.02 Å². The van der Waals surface area contributed by atoms with Crippen LogP contribution in [-0.4, -0.2) is 39.0 Å². The number of esters is 1. The van der Waals surface area contributed by atoms with Crippen molar-refractivity contribution in [3.63, 3.8) is 0 Å². The van der Waals surface area contributed by atoms with E-state index in [0.29, 0.717) is 33.9 Å². The van der Waals surface area contributed by atoms with E-state index in [1.165, 1.54) is 11.8 Å².